The van der Waals surface area contributed by atoms with Gasteiger partial charge in [0.2, 0.25) is 0 Å². The molecule has 2 rings (SSSR count). The van der Waals surface area contributed by atoms with Crippen LogP contribution < -0.4 is 5.73 Å². The topological polar surface area (TPSA) is 87.0 Å². The van der Waals surface area contributed by atoms with Crippen LogP contribution in [-0.4, -0.2) is 20.5 Å². The molecular weight excluding hydrogens is 263 g/mol. The highest BCUT2D eigenvalue weighted by atomic mass is 19.1. The fourth-order valence-electron chi connectivity index (χ4n) is 2.00. The zero-order valence-corrected chi connectivity index (χ0v) is 11.0. The SMILES string of the molecule is CC(N)Cc1nccn1Cc1cc(F)ccc1[N+](=O)[O-]. The van der Waals surface area contributed by atoms with Gasteiger partial charge in [0.1, 0.15) is 11.6 Å². The predicted octanol–water partition coefficient (Wildman–Crippen LogP) is 1.87. The van der Waals surface area contributed by atoms with Gasteiger partial charge in [-0.15, -0.1) is 0 Å². The highest BCUT2D eigenvalue weighted by Gasteiger charge is 2.16. The van der Waals surface area contributed by atoms with Crippen molar-refractivity contribution in [2.24, 2.45) is 5.73 Å². The highest BCUT2D eigenvalue weighted by Crippen LogP contribution is 2.21. The molecule has 0 bridgehead atoms. The second kappa shape index (κ2) is 5.79. The van der Waals surface area contributed by atoms with Crippen LogP contribution in [0.2, 0.25) is 0 Å². The van der Waals surface area contributed by atoms with Crippen molar-refractivity contribution in [1.29, 1.82) is 0 Å². The van der Waals surface area contributed by atoms with E-state index in [-0.39, 0.29) is 18.3 Å². The maximum atomic E-state index is 13.3. The van der Waals surface area contributed by atoms with Gasteiger partial charge in [0.15, 0.2) is 0 Å². The van der Waals surface area contributed by atoms with Gasteiger partial charge in [-0.2, -0.15) is 0 Å². The van der Waals surface area contributed by atoms with Crippen LogP contribution in [-0.2, 0) is 13.0 Å². The van der Waals surface area contributed by atoms with Crippen molar-refractivity contribution in [3.8, 4) is 0 Å². The third-order valence-corrected chi connectivity index (χ3v) is 2.89. The van der Waals surface area contributed by atoms with E-state index in [0.717, 1.165) is 11.9 Å². The monoisotopic (exact) mass is 278 g/mol. The van der Waals surface area contributed by atoms with Crippen LogP contribution in [0.25, 0.3) is 0 Å². The van der Waals surface area contributed by atoms with Crippen molar-refractivity contribution >= 4 is 5.69 Å². The number of benzene rings is 1. The van der Waals surface area contributed by atoms with Gasteiger partial charge in [-0.3, -0.25) is 10.1 Å². The minimum Gasteiger partial charge on any atom is -0.330 e. The number of nitro groups is 1. The van der Waals surface area contributed by atoms with Crippen molar-refractivity contribution in [1.82, 2.24) is 9.55 Å². The quantitative estimate of drug-likeness (QED) is 0.668. The number of halogens is 1. The molecular formula is C13H15FN4O2. The van der Waals surface area contributed by atoms with Crippen LogP contribution in [0, 0.1) is 15.9 Å². The zero-order valence-electron chi connectivity index (χ0n) is 11.0. The molecule has 0 amide bonds. The number of hydrogen-bond acceptors (Lipinski definition) is 4. The number of nitro benzene ring substituents is 1. The third-order valence-electron chi connectivity index (χ3n) is 2.89. The van der Waals surface area contributed by atoms with Gasteiger partial charge in [0.25, 0.3) is 5.69 Å². The Hall–Kier alpha value is -2.28. The smallest absolute Gasteiger partial charge is 0.274 e. The standard InChI is InChI=1S/C13H15FN4O2/c1-9(15)6-13-16-4-5-17(13)8-10-7-11(14)2-3-12(10)18(19)20/h2-5,7,9H,6,8,15H2,1H3. The molecule has 0 spiro atoms. The highest BCUT2D eigenvalue weighted by molar-refractivity contribution is 5.40. The maximum absolute atomic E-state index is 13.3. The average molecular weight is 278 g/mol. The van der Waals surface area contributed by atoms with Crippen LogP contribution >= 0.6 is 0 Å². The van der Waals surface area contributed by atoms with Crippen molar-refractivity contribution in [3.05, 3.63) is 57.9 Å². The molecule has 2 N–H and O–H groups in total. The van der Waals surface area contributed by atoms with Crippen LogP contribution in [0.3, 0.4) is 0 Å². The molecule has 0 aliphatic rings. The van der Waals surface area contributed by atoms with E-state index in [1.165, 1.54) is 12.1 Å². The summed E-state index contributed by atoms with van der Waals surface area (Å²) in [6.45, 7) is 2.04. The first kappa shape index (κ1) is 14.1. The lowest BCUT2D eigenvalue weighted by Crippen LogP contribution is -2.20. The second-order valence-electron chi connectivity index (χ2n) is 4.68. The molecule has 0 radical (unpaired) electrons. The second-order valence-corrected chi connectivity index (χ2v) is 4.68. The number of nitrogens with zero attached hydrogens (tertiary/aromatic N) is 3. The molecule has 20 heavy (non-hydrogen) atoms. The molecule has 0 fully saturated rings. The Morgan fingerprint density at radius 1 is 1.55 bits per heavy atom. The number of rotatable bonds is 5. The number of nitrogens with two attached hydrogens (primary N) is 1. The summed E-state index contributed by atoms with van der Waals surface area (Å²) in [5, 5.41) is 11.0. The van der Waals surface area contributed by atoms with Gasteiger partial charge < -0.3 is 10.3 Å². The Morgan fingerprint density at radius 2 is 2.30 bits per heavy atom. The van der Waals surface area contributed by atoms with Crippen molar-refractivity contribution in [3.63, 3.8) is 0 Å². The number of hydrogen-bond donors (Lipinski definition) is 1. The molecule has 6 nitrogen and oxygen atoms in total. The van der Waals surface area contributed by atoms with E-state index in [0.29, 0.717) is 12.0 Å². The van der Waals surface area contributed by atoms with Gasteiger partial charge in [0, 0.05) is 30.9 Å². The predicted molar refractivity (Wildman–Crippen MR) is 71.7 cm³/mol. The largest absolute Gasteiger partial charge is 0.330 e. The Morgan fingerprint density at radius 3 is 2.95 bits per heavy atom. The van der Waals surface area contributed by atoms with E-state index in [2.05, 4.69) is 4.98 Å². The summed E-state index contributed by atoms with van der Waals surface area (Å²) in [7, 11) is 0. The first-order valence-corrected chi connectivity index (χ1v) is 6.15. The Labute approximate surface area is 115 Å². The minimum absolute atomic E-state index is 0.0707. The van der Waals surface area contributed by atoms with E-state index >= 15 is 0 Å². The summed E-state index contributed by atoms with van der Waals surface area (Å²) in [5.41, 5.74) is 5.93. The maximum Gasteiger partial charge on any atom is 0.274 e. The zero-order chi connectivity index (χ0) is 14.7. The average Bonchev–Trinajstić information content (AvgIpc) is 2.75. The van der Waals surface area contributed by atoms with Gasteiger partial charge >= 0.3 is 0 Å². The van der Waals surface area contributed by atoms with Crippen LogP contribution in [0.5, 0.6) is 0 Å². The number of imidazole rings is 1. The summed E-state index contributed by atoms with van der Waals surface area (Å²) >= 11 is 0. The van der Waals surface area contributed by atoms with Crippen molar-refractivity contribution in [2.75, 3.05) is 0 Å². The van der Waals surface area contributed by atoms with E-state index in [9.17, 15) is 14.5 Å². The lowest BCUT2D eigenvalue weighted by Gasteiger charge is -2.10. The summed E-state index contributed by atoms with van der Waals surface area (Å²) in [6, 6.07) is 3.36. The van der Waals surface area contributed by atoms with Gasteiger partial charge in [-0.05, 0) is 19.1 Å². The number of aromatic nitrogens is 2. The molecule has 1 aromatic heterocycles. The summed E-state index contributed by atoms with van der Waals surface area (Å²) in [6.07, 6.45) is 3.85. The lowest BCUT2D eigenvalue weighted by molar-refractivity contribution is -0.385. The third kappa shape index (κ3) is 3.18. The summed E-state index contributed by atoms with van der Waals surface area (Å²) in [5.74, 6) is 0.220. The summed E-state index contributed by atoms with van der Waals surface area (Å²) < 4.78 is 15.0. The van der Waals surface area contributed by atoms with Crippen molar-refractivity contribution in [2.45, 2.75) is 25.9 Å². The Bertz CT molecular complexity index is 625. The van der Waals surface area contributed by atoms with E-state index < -0.39 is 10.7 Å². The van der Waals surface area contributed by atoms with Gasteiger partial charge in [0.05, 0.1) is 17.0 Å². The molecule has 0 aliphatic carbocycles. The molecule has 106 valence electrons. The lowest BCUT2D eigenvalue weighted by atomic mass is 10.1. The minimum atomic E-state index is -0.517. The van der Waals surface area contributed by atoms with E-state index in [4.69, 9.17) is 5.73 Å². The molecule has 0 saturated carbocycles. The van der Waals surface area contributed by atoms with Gasteiger partial charge in [-0.1, -0.05) is 0 Å². The molecule has 0 aliphatic heterocycles. The van der Waals surface area contributed by atoms with E-state index in [1.807, 2.05) is 6.92 Å². The molecule has 1 aromatic carbocycles. The fraction of sp³-hybridized carbons (Fsp3) is 0.308. The molecule has 1 heterocycles. The molecule has 7 heteroatoms. The molecule has 1 atom stereocenters. The molecule has 1 unspecified atom stereocenters. The normalized spacial score (nSPS) is 12.3. The first-order chi connectivity index (χ1) is 9.47. The Kier molecular flexibility index (Phi) is 4.09. The van der Waals surface area contributed by atoms with Crippen molar-refractivity contribution < 1.29 is 9.31 Å². The molecule has 0 saturated heterocycles. The van der Waals surface area contributed by atoms with Crippen LogP contribution in [0.15, 0.2) is 30.6 Å². The van der Waals surface area contributed by atoms with E-state index in [1.54, 1.807) is 17.0 Å². The van der Waals surface area contributed by atoms with Crippen LogP contribution in [0.4, 0.5) is 10.1 Å². The fourth-order valence-corrected chi connectivity index (χ4v) is 2.00. The van der Waals surface area contributed by atoms with Crippen LogP contribution in [0.1, 0.15) is 18.3 Å². The molecule has 2 aromatic rings. The van der Waals surface area contributed by atoms with Gasteiger partial charge in [-0.25, -0.2) is 9.37 Å². The first-order valence-electron chi connectivity index (χ1n) is 6.15. The Balaban J connectivity index is 2.32. The summed E-state index contributed by atoms with van der Waals surface area (Å²) in [4.78, 5) is 14.6.